The number of hydrogen-bond donors (Lipinski definition) is 2. The zero-order chi connectivity index (χ0) is 19.7. The molecule has 2 aromatic heterocycles. The first kappa shape index (κ1) is 18.0. The lowest BCUT2D eigenvalue weighted by Crippen LogP contribution is -2.29. The second-order valence-electron chi connectivity index (χ2n) is 7.06. The van der Waals surface area contributed by atoms with Gasteiger partial charge in [-0.05, 0) is 55.7 Å². The Morgan fingerprint density at radius 1 is 1.21 bits per heavy atom. The molecule has 2 N–H and O–H groups in total. The molecule has 0 bridgehead atoms. The molecule has 0 saturated carbocycles. The van der Waals surface area contributed by atoms with Crippen LogP contribution in [0.2, 0.25) is 0 Å². The molecule has 6 heteroatoms. The smallest absolute Gasteiger partial charge is 0.259 e. The fraction of sp³-hybridized carbons (Fsp3) is 0.227. The predicted octanol–water partition coefficient (Wildman–Crippen LogP) is 3.20. The molecule has 28 heavy (non-hydrogen) atoms. The predicted molar refractivity (Wildman–Crippen MR) is 110 cm³/mol. The quantitative estimate of drug-likeness (QED) is 0.735. The summed E-state index contributed by atoms with van der Waals surface area (Å²) in [6, 6.07) is 13.5. The number of nitrogens with zero attached hydrogens (tertiary/aromatic N) is 2. The number of pyridine rings is 2. The number of benzene rings is 1. The zero-order valence-corrected chi connectivity index (χ0v) is 16.0. The number of carbonyl (C=O) groups excluding carboxylic acids is 1. The van der Waals surface area contributed by atoms with E-state index in [9.17, 15) is 9.59 Å². The molecule has 0 atom stereocenters. The normalized spacial score (nSPS) is 12.7. The Bertz CT molecular complexity index is 1090. The molecule has 0 saturated heterocycles. The summed E-state index contributed by atoms with van der Waals surface area (Å²) >= 11 is 0. The van der Waals surface area contributed by atoms with E-state index in [0.717, 1.165) is 23.4 Å². The molecule has 4 rings (SSSR count). The number of anilines is 2. The van der Waals surface area contributed by atoms with Gasteiger partial charge >= 0.3 is 0 Å². The lowest BCUT2D eigenvalue weighted by molar-refractivity contribution is 0.0989. The summed E-state index contributed by atoms with van der Waals surface area (Å²) in [5.74, 6) is 0.576. The molecule has 0 fully saturated rings. The van der Waals surface area contributed by atoms with E-state index in [1.54, 1.807) is 23.2 Å². The maximum Gasteiger partial charge on any atom is 0.259 e. The van der Waals surface area contributed by atoms with Gasteiger partial charge in [0.25, 0.3) is 11.5 Å². The van der Waals surface area contributed by atoms with E-state index < -0.39 is 0 Å². The average molecular weight is 374 g/mol. The number of aryl methyl sites for hydroxylation is 2. The van der Waals surface area contributed by atoms with Crippen molar-refractivity contribution in [3.05, 3.63) is 87.0 Å². The first-order chi connectivity index (χ1) is 13.5. The van der Waals surface area contributed by atoms with Crippen LogP contribution in [0.5, 0.6) is 0 Å². The van der Waals surface area contributed by atoms with Gasteiger partial charge in [-0.25, -0.2) is 4.98 Å². The van der Waals surface area contributed by atoms with E-state index in [1.165, 1.54) is 5.56 Å². The minimum Gasteiger partial charge on any atom is -0.366 e. The standard InChI is InChI=1S/C22H22N4O2/c1-14-11-15(2)25-21(27)18(14)13-24-20-8-7-17(12-23-20)22(28)26-10-9-16-5-3-4-6-19(16)26/h3-8,11-12H,9-10,13H2,1-2H3,(H,23,24)(H,25,27). The van der Waals surface area contributed by atoms with Crippen molar-refractivity contribution < 1.29 is 4.79 Å². The lowest BCUT2D eigenvalue weighted by atomic mass is 10.1. The van der Waals surface area contributed by atoms with Crippen molar-refractivity contribution in [2.45, 2.75) is 26.8 Å². The molecule has 142 valence electrons. The van der Waals surface area contributed by atoms with Crippen LogP contribution in [-0.2, 0) is 13.0 Å². The number of fused-ring (bicyclic) bond motifs is 1. The minimum absolute atomic E-state index is 0.0465. The Labute approximate surface area is 163 Å². The van der Waals surface area contributed by atoms with Crippen molar-refractivity contribution in [3.8, 4) is 0 Å². The molecule has 1 aliphatic rings. The number of aromatic nitrogens is 2. The Balaban J connectivity index is 1.46. The van der Waals surface area contributed by atoms with Crippen molar-refractivity contribution in [3.63, 3.8) is 0 Å². The van der Waals surface area contributed by atoms with Gasteiger partial charge < -0.3 is 15.2 Å². The number of aromatic amines is 1. The van der Waals surface area contributed by atoms with E-state index in [0.29, 0.717) is 30.0 Å². The topological polar surface area (TPSA) is 78.1 Å². The van der Waals surface area contributed by atoms with Gasteiger partial charge in [0.15, 0.2) is 0 Å². The van der Waals surface area contributed by atoms with Crippen molar-refractivity contribution in [1.29, 1.82) is 0 Å². The van der Waals surface area contributed by atoms with Gasteiger partial charge in [-0.15, -0.1) is 0 Å². The van der Waals surface area contributed by atoms with Crippen LogP contribution in [0.25, 0.3) is 0 Å². The number of para-hydroxylation sites is 1. The molecule has 1 aliphatic heterocycles. The van der Waals surface area contributed by atoms with Gasteiger partial charge in [0, 0.05) is 36.2 Å². The summed E-state index contributed by atoms with van der Waals surface area (Å²) in [6.45, 7) is 4.85. The molecule has 0 radical (unpaired) electrons. The second kappa shape index (κ2) is 7.31. The van der Waals surface area contributed by atoms with Crippen molar-refractivity contribution in [2.24, 2.45) is 0 Å². The van der Waals surface area contributed by atoms with Gasteiger partial charge in [0.2, 0.25) is 0 Å². The van der Waals surface area contributed by atoms with Crippen LogP contribution < -0.4 is 15.8 Å². The van der Waals surface area contributed by atoms with Crippen LogP contribution >= 0.6 is 0 Å². The fourth-order valence-corrected chi connectivity index (χ4v) is 3.61. The first-order valence-electron chi connectivity index (χ1n) is 9.32. The molecule has 6 nitrogen and oxygen atoms in total. The van der Waals surface area contributed by atoms with Crippen LogP contribution in [0.15, 0.2) is 53.5 Å². The molecule has 0 aliphatic carbocycles. The maximum absolute atomic E-state index is 12.8. The maximum atomic E-state index is 12.8. The Kier molecular flexibility index (Phi) is 4.69. The number of amides is 1. The third-order valence-electron chi connectivity index (χ3n) is 5.08. The van der Waals surface area contributed by atoms with E-state index in [4.69, 9.17) is 0 Å². The highest BCUT2D eigenvalue weighted by Crippen LogP contribution is 2.28. The average Bonchev–Trinajstić information content (AvgIpc) is 3.11. The number of H-pyrrole nitrogens is 1. The van der Waals surface area contributed by atoms with Crippen LogP contribution in [-0.4, -0.2) is 22.4 Å². The fourth-order valence-electron chi connectivity index (χ4n) is 3.61. The number of nitrogens with one attached hydrogen (secondary N) is 2. The van der Waals surface area contributed by atoms with Gasteiger partial charge in [-0.2, -0.15) is 0 Å². The molecular formula is C22H22N4O2. The monoisotopic (exact) mass is 374 g/mol. The molecule has 0 spiro atoms. The lowest BCUT2D eigenvalue weighted by Gasteiger charge is -2.17. The molecule has 3 heterocycles. The number of rotatable bonds is 4. The Morgan fingerprint density at radius 2 is 2.04 bits per heavy atom. The molecule has 0 unspecified atom stereocenters. The largest absolute Gasteiger partial charge is 0.366 e. The molecule has 3 aromatic rings. The second-order valence-corrected chi connectivity index (χ2v) is 7.06. The Hall–Kier alpha value is -3.41. The number of hydrogen-bond acceptors (Lipinski definition) is 4. The summed E-state index contributed by atoms with van der Waals surface area (Å²) in [5.41, 5.74) is 5.09. The van der Waals surface area contributed by atoms with Crippen LogP contribution in [0.4, 0.5) is 11.5 Å². The highest BCUT2D eigenvalue weighted by molar-refractivity contribution is 6.07. The van der Waals surface area contributed by atoms with E-state index in [2.05, 4.69) is 21.4 Å². The van der Waals surface area contributed by atoms with E-state index in [1.807, 2.05) is 38.1 Å². The van der Waals surface area contributed by atoms with Crippen molar-refractivity contribution in [1.82, 2.24) is 9.97 Å². The summed E-state index contributed by atoms with van der Waals surface area (Å²) in [4.78, 5) is 33.9. The minimum atomic E-state index is -0.0931. The van der Waals surface area contributed by atoms with Crippen LogP contribution in [0, 0.1) is 13.8 Å². The van der Waals surface area contributed by atoms with Gasteiger partial charge in [0.05, 0.1) is 5.56 Å². The van der Waals surface area contributed by atoms with Crippen molar-refractivity contribution >= 4 is 17.4 Å². The SMILES string of the molecule is Cc1cc(C)c(CNc2ccc(C(=O)N3CCc4ccccc43)cn2)c(=O)[nH]1. The molecular weight excluding hydrogens is 352 g/mol. The van der Waals surface area contributed by atoms with Crippen molar-refractivity contribution in [2.75, 3.05) is 16.8 Å². The summed E-state index contributed by atoms with van der Waals surface area (Å²) in [7, 11) is 0. The van der Waals surface area contributed by atoms with Gasteiger partial charge in [-0.3, -0.25) is 9.59 Å². The van der Waals surface area contributed by atoms with Crippen LogP contribution in [0.3, 0.4) is 0 Å². The van der Waals surface area contributed by atoms with Gasteiger partial charge in [-0.1, -0.05) is 18.2 Å². The van der Waals surface area contributed by atoms with E-state index in [-0.39, 0.29) is 11.5 Å². The summed E-state index contributed by atoms with van der Waals surface area (Å²) in [5, 5.41) is 3.16. The Morgan fingerprint density at radius 3 is 2.79 bits per heavy atom. The van der Waals surface area contributed by atoms with Gasteiger partial charge in [0.1, 0.15) is 5.82 Å². The highest BCUT2D eigenvalue weighted by Gasteiger charge is 2.25. The first-order valence-corrected chi connectivity index (χ1v) is 9.32. The summed E-state index contributed by atoms with van der Waals surface area (Å²) in [6.07, 6.45) is 2.46. The summed E-state index contributed by atoms with van der Waals surface area (Å²) < 4.78 is 0. The third-order valence-corrected chi connectivity index (χ3v) is 5.08. The zero-order valence-electron chi connectivity index (χ0n) is 16.0. The third kappa shape index (κ3) is 3.41. The number of carbonyl (C=O) groups is 1. The highest BCUT2D eigenvalue weighted by atomic mass is 16.2. The molecule has 1 amide bonds. The van der Waals surface area contributed by atoms with Crippen LogP contribution in [0.1, 0.15) is 32.7 Å². The molecule has 1 aromatic carbocycles. The van der Waals surface area contributed by atoms with E-state index >= 15 is 0 Å².